The summed E-state index contributed by atoms with van der Waals surface area (Å²) in [5.74, 6) is 1.21. The molecule has 0 aliphatic heterocycles. The molecule has 1 aromatic carbocycles. The fraction of sp³-hybridized carbons (Fsp3) is 0.188. The van der Waals surface area contributed by atoms with Gasteiger partial charge in [-0.1, -0.05) is 30.3 Å². The molecule has 0 unspecified atom stereocenters. The molecule has 0 atom stereocenters. The van der Waals surface area contributed by atoms with Gasteiger partial charge in [-0.2, -0.15) is 0 Å². The van der Waals surface area contributed by atoms with E-state index in [-0.39, 0.29) is 23.9 Å². The van der Waals surface area contributed by atoms with Crippen molar-refractivity contribution in [2.45, 2.75) is 6.54 Å². The predicted octanol–water partition coefficient (Wildman–Crippen LogP) is -1.56. The van der Waals surface area contributed by atoms with Crippen LogP contribution in [0.3, 0.4) is 0 Å². The van der Waals surface area contributed by atoms with Crippen LogP contribution in [-0.2, 0) is 6.54 Å². The first kappa shape index (κ1) is 18.5. The standard InChI is InChI=1S/C16H17N5O3.ClH/c17-15-14(20-24-21-15)16(22)19-9-8-18-10-12-6-7-13(23-12)11-4-2-1-3-5-11;/h1-7,18H,8-10H2,(H2,17,21)(H,19,22);1H/p-1. The van der Waals surface area contributed by atoms with Crippen LogP contribution in [0.2, 0.25) is 0 Å². The van der Waals surface area contributed by atoms with E-state index in [0.29, 0.717) is 19.6 Å². The molecular weight excluding hydrogens is 346 g/mol. The fourth-order valence-corrected chi connectivity index (χ4v) is 2.14. The summed E-state index contributed by atoms with van der Waals surface area (Å²) in [7, 11) is 0. The van der Waals surface area contributed by atoms with Crippen LogP contribution in [0.15, 0.2) is 51.5 Å². The Bertz CT molecular complexity index is 803. The van der Waals surface area contributed by atoms with E-state index in [0.717, 1.165) is 17.1 Å². The van der Waals surface area contributed by atoms with Crippen molar-refractivity contribution < 1.29 is 26.2 Å². The minimum Gasteiger partial charge on any atom is -1.00 e. The number of halogens is 1. The Hall–Kier alpha value is -2.84. The van der Waals surface area contributed by atoms with Gasteiger partial charge in [0.2, 0.25) is 11.5 Å². The molecule has 9 heteroatoms. The normalized spacial score (nSPS) is 10.2. The summed E-state index contributed by atoms with van der Waals surface area (Å²) in [6, 6.07) is 13.8. The number of anilines is 1. The Balaban J connectivity index is 0.00000225. The molecule has 4 N–H and O–H groups in total. The fourth-order valence-electron chi connectivity index (χ4n) is 2.14. The van der Waals surface area contributed by atoms with Crippen molar-refractivity contribution in [2.24, 2.45) is 0 Å². The molecule has 0 aliphatic carbocycles. The number of carbonyl (C=O) groups excluding carboxylic acids is 1. The maximum absolute atomic E-state index is 11.7. The summed E-state index contributed by atoms with van der Waals surface area (Å²) in [5.41, 5.74) is 6.47. The Morgan fingerprint density at radius 2 is 1.88 bits per heavy atom. The molecule has 0 radical (unpaired) electrons. The molecule has 3 rings (SSSR count). The van der Waals surface area contributed by atoms with Gasteiger partial charge in [-0.05, 0) is 22.4 Å². The van der Waals surface area contributed by atoms with Gasteiger partial charge in [0, 0.05) is 18.7 Å². The van der Waals surface area contributed by atoms with Gasteiger partial charge in [-0.25, -0.2) is 4.63 Å². The highest BCUT2D eigenvalue weighted by molar-refractivity contribution is 5.95. The molecular formula is C16H17ClN5O3-. The van der Waals surface area contributed by atoms with E-state index < -0.39 is 5.91 Å². The lowest BCUT2D eigenvalue weighted by molar-refractivity contribution is -0.0000144. The highest BCUT2D eigenvalue weighted by Gasteiger charge is 2.14. The van der Waals surface area contributed by atoms with Crippen molar-refractivity contribution in [3.05, 3.63) is 53.9 Å². The lowest BCUT2D eigenvalue weighted by atomic mass is 10.2. The maximum atomic E-state index is 11.7. The highest BCUT2D eigenvalue weighted by atomic mass is 35.5. The van der Waals surface area contributed by atoms with Crippen molar-refractivity contribution in [1.82, 2.24) is 20.9 Å². The van der Waals surface area contributed by atoms with Gasteiger partial charge in [0.15, 0.2) is 0 Å². The number of nitrogens with one attached hydrogen (secondary N) is 2. The van der Waals surface area contributed by atoms with Crippen molar-refractivity contribution in [3.8, 4) is 11.3 Å². The number of nitrogens with two attached hydrogens (primary N) is 1. The summed E-state index contributed by atoms with van der Waals surface area (Å²) >= 11 is 0. The Kier molecular flexibility index (Phi) is 6.55. The number of furan rings is 1. The molecule has 2 aromatic heterocycles. The minimum absolute atomic E-state index is 0. The van der Waals surface area contributed by atoms with E-state index in [9.17, 15) is 4.79 Å². The lowest BCUT2D eigenvalue weighted by Crippen LogP contribution is -3.00. The molecule has 0 spiro atoms. The molecule has 2 heterocycles. The molecule has 0 saturated carbocycles. The van der Waals surface area contributed by atoms with Crippen LogP contribution in [0.25, 0.3) is 11.3 Å². The van der Waals surface area contributed by atoms with Crippen LogP contribution in [0.5, 0.6) is 0 Å². The first-order chi connectivity index (χ1) is 11.7. The third kappa shape index (κ3) is 4.82. The van der Waals surface area contributed by atoms with E-state index >= 15 is 0 Å². The minimum atomic E-state index is -0.417. The summed E-state index contributed by atoms with van der Waals surface area (Å²) in [4.78, 5) is 11.7. The van der Waals surface area contributed by atoms with Gasteiger partial charge in [0.05, 0.1) is 6.54 Å². The molecule has 0 aliphatic rings. The number of carbonyl (C=O) groups is 1. The number of benzene rings is 1. The summed E-state index contributed by atoms with van der Waals surface area (Å²) < 4.78 is 10.2. The zero-order valence-electron chi connectivity index (χ0n) is 13.2. The molecule has 1 amide bonds. The monoisotopic (exact) mass is 362 g/mol. The number of rotatable bonds is 7. The van der Waals surface area contributed by atoms with Crippen LogP contribution >= 0.6 is 0 Å². The zero-order valence-corrected chi connectivity index (χ0v) is 14.0. The molecule has 8 nitrogen and oxygen atoms in total. The zero-order chi connectivity index (χ0) is 16.8. The van der Waals surface area contributed by atoms with Gasteiger partial charge in [-0.15, -0.1) is 0 Å². The van der Waals surface area contributed by atoms with Crippen LogP contribution in [0.4, 0.5) is 5.82 Å². The molecule has 0 bridgehead atoms. The van der Waals surface area contributed by atoms with Gasteiger partial charge >= 0.3 is 0 Å². The second-order valence-corrected chi connectivity index (χ2v) is 5.06. The number of amides is 1. The quantitative estimate of drug-likeness (QED) is 0.435. The van der Waals surface area contributed by atoms with Gasteiger partial charge in [0.25, 0.3) is 5.91 Å². The Labute approximate surface area is 150 Å². The third-order valence-corrected chi connectivity index (χ3v) is 3.34. The third-order valence-electron chi connectivity index (χ3n) is 3.34. The predicted molar refractivity (Wildman–Crippen MR) is 86.9 cm³/mol. The largest absolute Gasteiger partial charge is 1.00 e. The average Bonchev–Trinajstić information content (AvgIpc) is 3.24. The smallest absolute Gasteiger partial charge is 0.277 e. The van der Waals surface area contributed by atoms with E-state index in [1.54, 1.807) is 0 Å². The molecule has 0 fully saturated rings. The first-order valence-electron chi connectivity index (χ1n) is 7.45. The van der Waals surface area contributed by atoms with E-state index in [1.807, 2.05) is 42.5 Å². The number of aromatic nitrogens is 2. The van der Waals surface area contributed by atoms with Crippen LogP contribution < -0.4 is 28.8 Å². The number of hydrogen-bond donors (Lipinski definition) is 3. The summed E-state index contributed by atoms with van der Waals surface area (Å²) in [6.07, 6.45) is 0. The number of nitrogen functional groups attached to an aromatic ring is 1. The molecule has 0 saturated heterocycles. The maximum Gasteiger partial charge on any atom is 0.277 e. The van der Waals surface area contributed by atoms with Crippen molar-refractivity contribution in [2.75, 3.05) is 18.8 Å². The van der Waals surface area contributed by atoms with Crippen LogP contribution in [0, 0.1) is 0 Å². The number of hydrogen-bond acceptors (Lipinski definition) is 7. The molecule has 3 aromatic rings. The summed E-state index contributed by atoms with van der Waals surface area (Å²) in [5, 5.41) is 12.6. The highest BCUT2D eigenvalue weighted by Crippen LogP contribution is 2.21. The van der Waals surface area contributed by atoms with Gasteiger partial charge < -0.3 is 33.2 Å². The lowest BCUT2D eigenvalue weighted by Gasteiger charge is -2.04. The number of nitrogens with zero attached hydrogens (tertiary/aromatic N) is 2. The van der Waals surface area contributed by atoms with E-state index in [2.05, 4.69) is 25.6 Å². The van der Waals surface area contributed by atoms with Crippen LogP contribution in [0.1, 0.15) is 16.2 Å². The molecule has 132 valence electrons. The SMILES string of the molecule is Nc1nonc1C(=O)NCCNCc1ccc(-c2ccccc2)o1.[Cl-]. The Morgan fingerprint density at radius 3 is 2.60 bits per heavy atom. The van der Waals surface area contributed by atoms with Gasteiger partial charge in [-0.3, -0.25) is 4.79 Å². The van der Waals surface area contributed by atoms with Crippen molar-refractivity contribution >= 4 is 11.7 Å². The van der Waals surface area contributed by atoms with E-state index in [1.165, 1.54) is 0 Å². The average molecular weight is 363 g/mol. The summed E-state index contributed by atoms with van der Waals surface area (Å²) in [6.45, 7) is 1.55. The topological polar surface area (TPSA) is 119 Å². The molecule has 25 heavy (non-hydrogen) atoms. The second kappa shape index (κ2) is 8.86. The van der Waals surface area contributed by atoms with Gasteiger partial charge in [0.1, 0.15) is 11.5 Å². The second-order valence-electron chi connectivity index (χ2n) is 5.06. The van der Waals surface area contributed by atoms with Crippen molar-refractivity contribution in [3.63, 3.8) is 0 Å². The first-order valence-corrected chi connectivity index (χ1v) is 7.45. The van der Waals surface area contributed by atoms with E-state index in [4.69, 9.17) is 10.2 Å². The Morgan fingerprint density at radius 1 is 1.08 bits per heavy atom. The van der Waals surface area contributed by atoms with Crippen LogP contribution in [-0.4, -0.2) is 29.3 Å². The van der Waals surface area contributed by atoms with Crippen molar-refractivity contribution in [1.29, 1.82) is 0 Å².